The van der Waals surface area contributed by atoms with Gasteiger partial charge in [0.05, 0.1) is 0 Å². The molecule has 0 fully saturated rings. The molecule has 0 saturated heterocycles. The van der Waals surface area contributed by atoms with Gasteiger partial charge >= 0.3 is 0 Å². The fourth-order valence-electron chi connectivity index (χ4n) is 1.02. The summed E-state index contributed by atoms with van der Waals surface area (Å²) in [6.45, 7) is 0. The van der Waals surface area contributed by atoms with Crippen molar-refractivity contribution in [3.05, 3.63) is 48.6 Å². The summed E-state index contributed by atoms with van der Waals surface area (Å²) in [7, 11) is 0. The van der Waals surface area contributed by atoms with Gasteiger partial charge in [0.1, 0.15) is 0 Å². The van der Waals surface area contributed by atoms with Gasteiger partial charge in [0, 0.05) is 0 Å². The van der Waals surface area contributed by atoms with Crippen LogP contribution in [0.3, 0.4) is 0 Å². The van der Waals surface area contributed by atoms with Gasteiger partial charge in [-0.2, -0.15) is 0 Å². The molecule has 0 aromatic carbocycles. The highest BCUT2D eigenvalue weighted by Crippen LogP contribution is 1.97. The molecule has 63 valence electrons. The summed E-state index contributed by atoms with van der Waals surface area (Å²) in [6.07, 6.45) is 22.5. The predicted molar refractivity (Wildman–Crippen MR) is 53.7 cm³/mol. The minimum absolute atomic E-state index is 0.946. The predicted octanol–water partition coefficient (Wildman–Crippen LogP) is 3.59. The van der Waals surface area contributed by atoms with E-state index in [1.54, 1.807) is 0 Å². The number of rotatable bonds is 0. The lowest BCUT2D eigenvalue weighted by Crippen LogP contribution is -1.67. The highest BCUT2D eigenvalue weighted by atomic mass is 13.8. The van der Waals surface area contributed by atoms with Crippen molar-refractivity contribution in [3.63, 3.8) is 0 Å². The van der Waals surface area contributed by atoms with E-state index in [0.29, 0.717) is 0 Å². The van der Waals surface area contributed by atoms with Crippen molar-refractivity contribution in [2.45, 2.75) is 25.7 Å². The second kappa shape index (κ2) is 6.66. The molecule has 1 rings (SSSR count). The zero-order valence-corrected chi connectivity index (χ0v) is 7.37. The molecule has 0 aromatic heterocycles. The van der Waals surface area contributed by atoms with Gasteiger partial charge in [-0.1, -0.05) is 42.5 Å². The summed E-state index contributed by atoms with van der Waals surface area (Å²) in [6, 6.07) is 0. The second-order valence-electron chi connectivity index (χ2n) is 2.73. The van der Waals surface area contributed by atoms with E-state index in [-0.39, 0.29) is 0 Å². The van der Waals surface area contributed by atoms with E-state index in [1.165, 1.54) is 0 Å². The molecule has 1 radical (unpaired) electrons. The maximum absolute atomic E-state index is 3.22. The summed E-state index contributed by atoms with van der Waals surface area (Å²) in [4.78, 5) is 0. The van der Waals surface area contributed by atoms with Crippen molar-refractivity contribution in [1.29, 1.82) is 0 Å². The van der Waals surface area contributed by atoms with Crippen molar-refractivity contribution in [2.24, 2.45) is 0 Å². The first-order chi connectivity index (χ1) is 6.00. The zero-order chi connectivity index (χ0) is 8.49. The maximum Gasteiger partial charge on any atom is -0.00977 e. The molecule has 1 aliphatic rings. The molecule has 0 N–H and O–H groups in total. The van der Waals surface area contributed by atoms with Crippen LogP contribution in [0.1, 0.15) is 25.7 Å². The van der Waals surface area contributed by atoms with E-state index >= 15 is 0 Å². The lowest BCUT2D eigenvalue weighted by atomic mass is 10.2. The van der Waals surface area contributed by atoms with E-state index < -0.39 is 0 Å². The van der Waals surface area contributed by atoms with Crippen LogP contribution in [0.5, 0.6) is 0 Å². The summed E-state index contributed by atoms with van der Waals surface area (Å²) in [5.41, 5.74) is 0. The third-order valence-electron chi connectivity index (χ3n) is 1.68. The second-order valence-corrected chi connectivity index (χ2v) is 2.73. The van der Waals surface area contributed by atoms with Crippen molar-refractivity contribution < 1.29 is 0 Å². The molecule has 0 spiro atoms. The first-order valence-corrected chi connectivity index (χ1v) is 4.50. The quantitative estimate of drug-likeness (QED) is 0.474. The molecule has 0 amide bonds. The Morgan fingerprint density at radius 3 is 2.00 bits per heavy atom. The molecule has 0 heterocycles. The average molecular weight is 159 g/mol. The Kier molecular flexibility index (Phi) is 5.02. The summed E-state index contributed by atoms with van der Waals surface area (Å²) >= 11 is 0. The third-order valence-corrected chi connectivity index (χ3v) is 1.68. The molecule has 0 bridgehead atoms. The smallest absolute Gasteiger partial charge is 0.00977 e. The molecule has 0 aromatic rings. The van der Waals surface area contributed by atoms with Gasteiger partial charge in [0.2, 0.25) is 0 Å². The Balaban J connectivity index is 2.40. The normalized spacial score (nSPS) is 29.3. The van der Waals surface area contributed by atoms with Gasteiger partial charge in [-0.3, -0.25) is 0 Å². The molecule has 0 atom stereocenters. The molecule has 1 aliphatic carbocycles. The van der Waals surface area contributed by atoms with E-state index in [0.717, 1.165) is 25.7 Å². The van der Waals surface area contributed by atoms with Crippen LogP contribution in [0.25, 0.3) is 0 Å². The van der Waals surface area contributed by atoms with Crippen LogP contribution >= 0.6 is 0 Å². The van der Waals surface area contributed by atoms with E-state index in [2.05, 4.69) is 48.6 Å². The van der Waals surface area contributed by atoms with Gasteiger partial charge in [-0.05, 0) is 31.8 Å². The summed E-state index contributed by atoms with van der Waals surface area (Å²) in [5.74, 6) is 0. The minimum Gasteiger partial charge on any atom is -0.0844 e. The first-order valence-electron chi connectivity index (χ1n) is 4.50. The number of hydrogen-bond acceptors (Lipinski definition) is 0. The van der Waals surface area contributed by atoms with Crippen LogP contribution in [-0.2, 0) is 0 Å². The lowest BCUT2D eigenvalue weighted by Gasteiger charge is -1.87. The van der Waals surface area contributed by atoms with Crippen molar-refractivity contribution in [2.75, 3.05) is 0 Å². The average Bonchev–Trinajstić information content (AvgIpc) is 2.05. The minimum atomic E-state index is 0.946. The topological polar surface area (TPSA) is 0 Å². The highest BCUT2D eigenvalue weighted by Gasteiger charge is 1.77. The van der Waals surface area contributed by atoms with Gasteiger partial charge in [0.15, 0.2) is 0 Å². The van der Waals surface area contributed by atoms with Crippen LogP contribution in [-0.4, -0.2) is 0 Å². The van der Waals surface area contributed by atoms with Gasteiger partial charge < -0.3 is 0 Å². The Hall–Kier alpha value is -1.04. The lowest BCUT2D eigenvalue weighted by molar-refractivity contribution is 1.21. The van der Waals surface area contributed by atoms with Crippen molar-refractivity contribution >= 4 is 0 Å². The Morgan fingerprint density at radius 1 is 0.667 bits per heavy atom. The Labute approximate surface area is 75.0 Å². The molecular formula is C12H15. The molecule has 0 nitrogen and oxygen atoms in total. The SMILES string of the molecule is [C]1=C/C/C=C\C/C=C\C/C=C/C/1. The molecule has 0 saturated carbocycles. The van der Waals surface area contributed by atoms with E-state index in [4.69, 9.17) is 0 Å². The molecular weight excluding hydrogens is 144 g/mol. The van der Waals surface area contributed by atoms with Crippen LogP contribution in [0.15, 0.2) is 42.5 Å². The monoisotopic (exact) mass is 159 g/mol. The van der Waals surface area contributed by atoms with E-state index in [1.807, 2.05) is 0 Å². The summed E-state index contributed by atoms with van der Waals surface area (Å²) < 4.78 is 0. The maximum atomic E-state index is 3.22. The molecule has 0 heteroatoms. The Morgan fingerprint density at radius 2 is 1.25 bits per heavy atom. The first kappa shape index (κ1) is 9.05. The van der Waals surface area contributed by atoms with Crippen LogP contribution in [0, 0.1) is 6.08 Å². The van der Waals surface area contributed by atoms with Gasteiger partial charge in [-0.25, -0.2) is 0 Å². The zero-order valence-electron chi connectivity index (χ0n) is 7.37. The van der Waals surface area contributed by atoms with E-state index in [9.17, 15) is 0 Å². The third kappa shape index (κ3) is 4.73. The fourth-order valence-corrected chi connectivity index (χ4v) is 1.02. The number of allylic oxidation sites excluding steroid dienone is 8. The van der Waals surface area contributed by atoms with Gasteiger partial charge in [0.25, 0.3) is 0 Å². The van der Waals surface area contributed by atoms with Crippen LogP contribution < -0.4 is 0 Å². The summed E-state index contributed by atoms with van der Waals surface area (Å²) in [5, 5.41) is 0. The molecule has 0 unspecified atom stereocenters. The molecule has 0 aliphatic heterocycles. The fraction of sp³-hybridized carbons (Fsp3) is 0.333. The standard InChI is InChI=1S/C12H15/c1-2-4-6-8-10-12-11-9-7-5-3-1/h1-2,5-8,11H,3-4,9-10H2/b2-1-,7-5-,8-6+,12-11?. The Bertz CT molecular complexity index is 140. The number of hydrogen-bond donors (Lipinski definition) is 0. The van der Waals surface area contributed by atoms with Crippen molar-refractivity contribution in [1.82, 2.24) is 0 Å². The van der Waals surface area contributed by atoms with Crippen molar-refractivity contribution in [3.8, 4) is 0 Å². The van der Waals surface area contributed by atoms with Crippen LogP contribution in [0.4, 0.5) is 0 Å². The molecule has 12 heavy (non-hydrogen) atoms. The highest BCUT2D eigenvalue weighted by molar-refractivity contribution is 5.01. The van der Waals surface area contributed by atoms with Gasteiger partial charge in [-0.15, -0.1) is 0 Å². The van der Waals surface area contributed by atoms with Crippen LogP contribution in [0.2, 0.25) is 0 Å². The largest absolute Gasteiger partial charge is 0.0844 e.